The molecule has 2 aromatic rings. The molecule has 0 bridgehead atoms. The highest BCUT2D eigenvalue weighted by Crippen LogP contribution is 2.40. The van der Waals surface area contributed by atoms with Crippen LogP contribution in [0.15, 0.2) is 60.7 Å². The lowest BCUT2D eigenvalue weighted by Crippen LogP contribution is -2.46. The minimum atomic E-state index is -0.359. The summed E-state index contributed by atoms with van der Waals surface area (Å²) in [6.45, 7) is 2.06. The first-order chi connectivity index (χ1) is 11.2. The molecule has 0 spiro atoms. The number of rotatable bonds is 4. The van der Waals surface area contributed by atoms with Crippen LogP contribution in [0, 0.1) is 0 Å². The smallest absolute Gasteiger partial charge is 0.231 e. The Bertz CT molecular complexity index is 629. The number of amides is 1. The summed E-state index contributed by atoms with van der Waals surface area (Å²) in [6.07, 6.45) is 5.38. The maximum absolute atomic E-state index is 13.2. The van der Waals surface area contributed by atoms with Gasteiger partial charge in [-0.3, -0.25) is 4.79 Å². The van der Waals surface area contributed by atoms with Gasteiger partial charge >= 0.3 is 0 Å². The second-order valence-corrected chi connectivity index (χ2v) is 6.61. The van der Waals surface area contributed by atoms with Crippen molar-refractivity contribution in [2.45, 2.75) is 50.5 Å². The van der Waals surface area contributed by atoms with Gasteiger partial charge in [0.25, 0.3) is 0 Å². The summed E-state index contributed by atoms with van der Waals surface area (Å²) < 4.78 is 0. The van der Waals surface area contributed by atoms with Crippen molar-refractivity contribution in [3.05, 3.63) is 71.8 Å². The Hall–Kier alpha value is -2.09. The van der Waals surface area contributed by atoms with Gasteiger partial charge in [-0.2, -0.15) is 0 Å². The summed E-state index contributed by atoms with van der Waals surface area (Å²) >= 11 is 0. The lowest BCUT2D eigenvalue weighted by molar-refractivity contribution is -0.128. The maximum Gasteiger partial charge on any atom is 0.231 e. The van der Waals surface area contributed by atoms with E-state index in [1.165, 1.54) is 6.42 Å². The first kappa shape index (κ1) is 15.8. The average Bonchev–Trinajstić information content (AvgIpc) is 2.63. The molecule has 0 aromatic heterocycles. The highest BCUT2D eigenvalue weighted by Gasteiger charge is 2.41. The van der Waals surface area contributed by atoms with Crippen LogP contribution < -0.4 is 5.32 Å². The molecule has 1 fully saturated rings. The molecule has 0 heterocycles. The fraction of sp³-hybridized carbons (Fsp3) is 0.381. The lowest BCUT2D eigenvalue weighted by Gasteiger charge is -2.37. The fourth-order valence-electron chi connectivity index (χ4n) is 3.72. The number of carbonyl (C=O) groups excluding carboxylic acids is 1. The van der Waals surface area contributed by atoms with E-state index in [4.69, 9.17) is 0 Å². The second-order valence-electron chi connectivity index (χ2n) is 6.61. The van der Waals surface area contributed by atoms with Crippen molar-refractivity contribution in [2.75, 3.05) is 0 Å². The first-order valence-electron chi connectivity index (χ1n) is 8.64. The Balaban J connectivity index is 1.84. The molecule has 1 saturated carbocycles. The van der Waals surface area contributed by atoms with Crippen molar-refractivity contribution in [3.63, 3.8) is 0 Å². The summed E-state index contributed by atoms with van der Waals surface area (Å²) in [5, 5.41) is 3.27. The number of benzene rings is 2. The van der Waals surface area contributed by atoms with Gasteiger partial charge in [-0.1, -0.05) is 79.9 Å². The molecule has 0 unspecified atom stereocenters. The standard InChI is InChI=1S/C21H25NO/c1-17(18-11-5-2-6-12-18)22-20(23)21(15-9-4-10-16-21)19-13-7-3-8-14-19/h2-3,5-8,11-14,17H,4,9-10,15-16H2,1H3,(H,22,23)/t17-/m0/s1. The monoisotopic (exact) mass is 307 g/mol. The van der Waals surface area contributed by atoms with Gasteiger partial charge in [-0.25, -0.2) is 0 Å². The van der Waals surface area contributed by atoms with Crippen LogP contribution in [0.5, 0.6) is 0 Å². The van der Waals surface area contributed by atoms with Gasteiger partial charge in [0, 0.05) is 0 Å². The quantitative estimate of drug-likeness (QED) is 0.866. The van der Waals surface area contributed by atoms with Crippen molar-refractivity contribution in [1.29, 1.82) is 0 Å². The van der Waals surface area contributed by atoms with E-state index in [2.05, 4.69) is 36.5 Å². The van der Waals surface area contributed by atoms with E-state index in [0.29, 0.717) is 0 Å². The van der Waals surface area contributed by atoms with Crippen LogP contribution in [0.2, 0.25) is 0 Å². The predicted molar refractivity (Wildman–Crippen MR) is 94.2 cm³/mol. The Morgan fingerprint density at radius 1 is 0.913 bits per heavy atom. The molecule has 1 aliphatic carbocycles. The molecule has 0 radical (unpaired) electrons. The van der Waals surface area contributed by atoms with E-state index in [9.17, 15) is 4.79 Å². The number of hydrogen-bond donors (Lipinski definition) is 1. The molecule has 23 heavy (non-hydrogen) atoms. The molecular formula is C21H25NO. The van der Waals surface area contributed by atoms with Crippen LogP contribution in [0.3, 0.4) is 0 Å². The zero-order valence-corrected chi connectivity index (χ0v) is 13.8. The first-order valence-corrected chi connectivity index (χ1v) is 8.64. The minimum Gasteiger partial charge on any atom is -0.349 e. The summed E-state index contributed by atoms with van der Waals surface area (Å²) in [5.41, 5.74) is 1.96. The van der Waals surface area contributed by atoms with Crippen LogP contribution in [-0.2, 0) is 10.2 Å². The van der Waals surface area contributed by atoms with Crippen molar-refractivity contribution >= 4 is 5.91 Å². The van der Waals surface area contributed by atoms with Gasteiger partial charge in [0.2, 0.25) is 5.91 Å². The lowest BCUT2D eigenvalue weighted by atomic mass is 9.68. The Kier molecular flexibility index (Phi) is 4.80. The van der Waals surface area contributed by atoms with Gasteiger partial charge in [0.1, 0.15) is 0 Å². The Morgan fingerprint density at radius 3 is 2.09 bits per heavy atom. The molecule has 120 valence electrons. The van der Waals surface area contributed by atoms with E-state index in [0.717, 1.165) is 36.8 Å². The van der Waals surface area contributed by atoms with E-state index in [1.54, 1.807) is 0 Å². The van der Waals surface area contributed by atoms with Gasteiger partial charge in [0.05, 0.1) is 11.5 Å². The van der Waals surface area contributed by atoms with Gasteiger partial charge < -0.3 is 5.32 Å². The van der Waals surface area contributed by atoms with Gasteiger partial charge in [-0.05, 0) is 30.9 Å². The van der Waals surface area contributed by atoms with Crippen LogP contribution in [-0.4, -0.2) is 5.91 Å². The largest absolute Gasteiger partial charge is 0.349 e. The number of carbonyl (C=O) groups is 1. The Morgan fingerprint density at radius 2 is 1.48 bits per heavy atom. The topological polar surface area (TPSA) is 29.1 Å². The summed E-state index contributed by atoms with van der Waals surface area (Å²) in [5.74, 6) is 0.180. The van der Waals surface area contributed by atoms with Crippen molar-refractivity contribution < 1.29 is 4.79 Å². The molecule has 1 N–H and O–H groups in total. The summed E-state index contributed by atoms with van der Waals surface area (Å²) in [6, 6.07) is 20.5. The van der Waals surface area contributed by atoms with Gasteiger partial charge in [0.15, 0.2) is 0 Å². The molecule has 2 heteroatoms. The molecule has 1 aliphatic rings. The summed E-state index contributed by atoms with van der Waals surface area (Å²) in [7, 11) is 0. The third-order valence-corrected chi connectivity index (χ3v) is 5.12. The van der Waals surface area contributed by atoms with Crippen molar-refractivity contribution in [1.82, 2.24) is 5.32 Å². The van der Waals surface area contributed by atoms with Crippen LogP contribution >= 0.6 is 0 Å². The molecule has 2 aromatic carbocycles. The highest BCUT2D eigenvalue weighted by atomic mass is 16.2. The van der Waals surface area contributed by atoms with Crippen molar-refractivity contribution in [2.24, 2.45) is 0 Å². The third-order valence-electron chi connectivity index (χ3n) is 5.12. The van der Waals surface area contributed by atoms with E-state index < -0.39 is 0 Å². The highest BCUT2D eigenvalue weighted by molar-refractivity contribution is 5.88. The zero-order valence-electron chi connectivity index (χ0n) is 13.8. The number of hydrogen-bond acceptors (Lipinski definition) is 1. The van der Waals surface area contributed by atoms with Crippen molar-refractivity contribution in [3.8, 4) is 0 Å². The fourth-order valence-corrected chi connectivity index (χ4v) is 3.72. The van der Waals surface area contributed by atoms with E-state index in [1.807, 2.05) is 36.4 Å². The van der Waals surface area contributed by atoms with Crippen LogP contribution in [0.4, 0.5) is 0 Å². The minimum absolute atomic E-state index is 0.0335. The normalized spacial score (nSPS) is 18.1. The molecule has 0 saturated heterocycles. The maximum atomic E-state index is 13.2. The molecule has 1 amide bonds. The predicted octanol–water partition coefficient (Wildman–Crippen LogP) is 4.77. The molecule has 2 nitrogen and oxygen atoms in total. The summed E-state index contributed by atoms with van der Waals surface area (Å²) in [4.78, 5) is 13.2. The Labute approximate surface area is 138 Å². The molecular weight excluding hydrogens is 282 g/mol. The molecule has 0 aliphatic heterocycles. The third kappa shape index (κ3) is 3.31. The average molecular weight is 307 g/mol. The number of nitrogens with one attached hydrogen (secondary N) is 1. The second kappa shape index (κ2) is 6.99. The zero-order chi connectivity index (χ0) is 16.1. The van der Waals surface area contributed by atoms with Gasteiger partial charge in [-0.15, -0.1) is 0 Å². The van der Waals surface area contributed by atoms with Crippen LogP contribution in [0.1, 0.15) is 56.2 Å². The van der Waals surface area contributed by atoms with E-state index >= 15 is 0 Å². The SMILES string of the molecule is C[C@H](NC(=O)C1(c2ccccc2)CCCCC1)c1ccccc1. The molecule has 3 rings (SSSR count). The van der Waals surface area contributed by atoms with Crippen LogP contribution in [0.25, 0.3) is 0 Å². The molecule has 1 atom stereocenters. The van der Waals surface area contributed by atoms with E-state index in [-0.39, 0.29) is 17.4 Å².